The normalized spacial score (nSPS) is 14.4. The predicted molar refractivity (Wildman–Crippen MR) is 338 cm³/mol. The summed E-state index contributed by atoms with van der Waals surface area (Å²) in [6.07, 6.45) is 9.18. The van der Waals surface area contributed by atoms with Crippen LogP contribution in [0.1, 0.15) is 83.8 Å². The van der Waals surface area contributed by atoms with Crippen molar-refractivity contribution in [3.05, 3.63) is 142 Å². The molecule has 0 saturated carbocycles. The van der Waals surface area contributed by atoms with Crippen LogP contribution in [-0.4, -0.2) is 158 Å². The topological polar surface area (TPSA) is 305 Å². The Labute approximate surface area is 513 Å². The fourth-order valence-corrected chi connectivity index (χ4v) is 12.4. The summed E-state index contributed by atoms with van der Waals surface area (Å²) in [6, 6.07) is 19.4. The first kappa shape index (κ1) is 59.0. The molecule has 2 aliphatic rings. The number of aromatic nitrogens is 8. The van der Waals surface area contributed by atoms with Gasteiger partial charge in [-0.05, 0) is 85.4 Å². The van der Waals surface area contributed by atoms with Gasteiger partial charge in [0.25, 0.3) is 29.5 Å². The highest BCUT2D eigenvalue weighted by molar-refractivity contribution is 6.19. The molecule has 0 bridgehead atoms. The van der Waals surface area contributed by atoms with Crippen molar-refractivity contribution in [2.24, 2.45) is 28.2 Å². The Morgan fingerprint density at radius 1 is 0.663 bits per heavy atom. The molecule has 2 aliphatic heterocycles. The predicted octanol–water partition coefficient (Wildman–Crippen LogP) is 6.08. The number of nitrogens with zero attached hydrogens (tertiary/aromatic N) is 11. The van der Waals surface area contributed by atoms with E-state index in [0.717, 1.165) is 86.5 Å². The molecule has 0 radical (unpaired) electrons. The number of phenolic OH excluding ortho intramolecular Hbond substituents is 1. The van der Waals surface area contributed by atoms with Gasteiger partial charge in [-0.1, -0.05) is 12.1 Å². The molecule has 0 spiro atoms. The summed E-state index contributed by atoms with van der Waals surface area (Å²) in [6.45, 7) is 8.28. The maximum atomic E-state index is 13.6. The number of aromatic hydroxyl groups is 2. The van der Waals surface area contributed by atoms with Gasteiger partial charge in [-0.25, -0.2) is 15.0 Å². The highest BCUT2D eigenvalue weighted by Crippen LogP contribution is 2.46. The highest BCUT2D eigenvalue weighted by atomic mass is 35.5. The van der Waals surface area contributed by atoms with Gasteiger partial charge in [0, 0.05) is 146 Å². The maximum Gasteiger partial charge on any atom is 0.291 e. The first-order valence-electron chi connectivity index (χ1n) is 28.9. The molecule has 89 heavy (non-hydrogen) atoms. The molecule has 8 heterocycles. The smallest absolute Gasteiger partial charge is 0.291 e. The number of amides is 6. The van der Waals surface area contributed by atoms with E-state index < -0.39 is 35.3 Å². The van der Waals surface area contributed by atoms with Gasteiger partial charge in [-0.15, -0.1) is 11.6 Å². The van der Waals surface area contributed by atoms with Gasteiger partial charge in [-0.3, -0.25) is 38.0 Å². The molecule has 1 fully saturated rings. The number of hydrogen-bond acceptors (Lipinski definition) is 15. The molecular weight excluding hydrogens is 1160 g/mol. The van der Waals surface area contributed by atoms with Crippen LogP contribution in [0.3, 0.4) is 0 Å². The average molecular weight is 1230 g/mol. The van der Waals surface area contributed by atoms with Crippen LogP contribution in [0, 0.1) is 0 Å². The number of alkyl halides is 1. The molecule has 6 amide bonds. The van der Waals surface area contributed by atoms with Crippen LogP contribution in [0.2, 0.25) is 0 Å². The van der Waals surface area contributed by atoms with Crippen molar-refractivity contribution < 1.29 is 39.0 Å². The fraction of sp³-hybridized carbons (Fsp3) is 0.290. The van der Waals surface area contributed by atoms with Crippen molar-refractivity contribution in [1.82, 2.24) is 52.7 Å². The van der Waals surface area contributed by atoms with Crippen LogP contribution < -0.4 is 42.2 Å². The van der Waals surface area contributed by atoms with Gasteiger partial charge < -0.3 is 75.1 Å². The number of nitrogens with one attached hydrogen (secondary N) is 6. The lowest BCUT2D eigenvalue weighted by Gasteiger charge is -2.34. The first-order valence-corrected chi connectivity index (χ1v) is 29.5. The lowest BCUT2D eigenvalue weighted by molar-refractivity contribution is -0.116. The monoisotopic (exact) mass is 1230 g/mol. The van der Waals surface area contributed by atoms with E-state index in [9.17, 15) is 43.8 Å². The molecule has 1 atom stereocenters. The van der Waals surface area contributed by atoms with Crippen LogP contribution in [0.5, 0.6) is 11.5 Å². The van der Waals surface area contributed by atoms with E-state index in [0.29, 0.717) is 46.0 Å². The Morgan fingerprint density at radius 2 is 1.35 bits per heavy atom. The number of para-hydroxylation sites is 1. The highest BCUT2D eigenvalue weighted by Gasteiger charge is 2.34. The third kappa shape index (κ3) is 11.4. The van der Waals surface area contributed by atoms with E-state index in [-0.39, 0.29) is 74.8 Å². The molecule has 8 N–H and O–H groups in total. The van der Waals surface area contributed by atoms with Crippen molar-refractivity contribution in [3.63, 3.8) is 0 Å². The number of anilines is 6. The van der Waals surface area contributed by atoms with Gasteiger partial charge >= 0.3 is 0 Å². The number of piperazine rings is 1. The molecule has 27 heteroatoms. The lowest BCUT2D eigenvalue weighted by atomic mass is 9.94. The van der Waals surface area contributed by atoms with E-state index in [1.54, 1.807) is 55.8 Å². The van der Waals surface area contributed by atoms with E-state index >= 15 is 0 Å². The lowest BCUT2D eigenvalue weighted by Crippen LogP contribution is -2.47. The zero-order chi connectivity index (χ0) is 62.5. The first-order chi connectivity index (χ1) is 42.8. The number of halogens is 1. The second kappa shape index (κ2) is 24.1. The van der Waals surface area contributed by atoms with Gasteiger partial charge in [0.2, 0.25) is 17.6 Å². The minimum Gasteiger partial charge on any atom is -0.507 e. The second-order valence-electron chi connectivity index (χ2n) is 22.5. The third-order valence-corrected chi connectivity index (χ3v) is 16.9. The number of carbonyl (C=O) groups excluding carboxylic acids is 6. The Hall–Kier alpha value is -10.3. The molecule has 10 aromatic rings. The minimum atomic E-state index is -0.774. The number of benzene rings is 4. The SMILES string of the molecule is CC(=O)N1CC(CCl)c2c1cc(O)c1ccc(C(=O)Nc3cc(C(=O)Nc4cn(C)c(C(=O)Nc5cn(C)c(C(=O)Nc6cn(C)c(C(=O)NCCCN7CCN(CCCNc8ccc9ncn%10c%11ccccc%11c(=O)c8c9%10)CC7)n6)c5O)n4)n(C)c3)cc21. The maximum absolute atomic E-state index is 13.6. The minimum absolute atomic E-state index is 0.00232. The van der Waals surface area contributed by atoms with Crippen molar-refractivity contribution in [3.8, 4) is 11.5 Å². The summed E-state index contributed by atoms with van der Waals surface area (Å²) < 4.78 is 7.66. The molecule has 1 unspecified atom stereocenters. The third-order valence-electron chi connectivity index (χ3n) is 16.5. The fourth-order valence-electron chi connectivity index (χ4n) is 12.1. The van der Waals surface area contributed by atoms with Crippen LogP contribution in [0.4, 0.5) is 34.4 Å². The van der Waals surface area contributed by atoms with Gasteiger partial charge in [0.1, 0.15) is 23.5 Å². The molecule has 26 nitrogen and oxygen atoms in total. The second-order valence-corrected chi connectivity index (χ2v) is 22.8. The van der Waals surface area contributed by atoms with Gasteiger partial charge in [0.15, 0.2) is 28.5 Å². The van der Waals surface area contributed by atoms with E-state index in [1.807, 2.05) is 40.8 Å². The van der Waals surface area contributed by atoms with E-state index in [4.69, 9.17) is 11.6 Å². The molecule has 1 saturated heterocycles. The molecule has 4 aromatic carbocycles. The van der Waals surface area contributed by atoms with Crippen molar-refractivity contribution in [1.29, 1.82) is 0 Å². The quantitative estimate of drug-likeness (QED) is 0.0258. The van der Waals surface area contributed by atoms with E-state index in [1.165, 1.54) is 63.9 Å². The van der Waals surface area contributed by atoms with Crippen molar-refractivity contribution >= 4 is 120 Å². The molecular formula is C62H64ClN17O9. The van der Waals surface area contributed by atoms with Crippen molar-refractivity contribution in [2.75, 3.05) is 96.3 Å². The van der Waals surface area contributed by atoms with E-state index in [2.05, 4.69) is 56.7 Å². The largest absolute Gasteiger partial charge is 0.507 e. The summed E-state index contributed by atoms with van der Waals surface area (Å²) in [4.78, 5) is 113. The molecule has 12 rings (SSSR count). The Kier molecular flexibility index (Phi) is 16.0. The summed E-state index contributed by atoms with van der Waals surface area (Å²) in [5.41, 5.74) is 4.98. The Morgan fingerprint density at radius 3 is 2.06 bits per heavy atom. The van der Waals surface area contributed by atoms with Gasteiger partial charge in [0.05, 0.1) is 33.3 Å². The van der Waals surface area contributed by atoms with Gasteiger partial charge in [-0.2, -0.15) is 0 Å². The summed E-state index contributed by atoms with van der Waals surface area (Å²) in [5.74, 6) is -3.86. The number of phenols is 1. The summed E-state index contributed by atoms with van der Waals surface area (Å²) >= 11 is 6.33. The number of imidazole rings is 3. The molecule has 6 aromatic heterocycles. The Bertz CT molecular complexity index is 4550. The van der Waals surface area contributed by atoms with Crippen LogP contribution >= 0.6 is 11.6 Å². The number of fused-ring (bicyclic) bond motifs is 5. The summed E-state index contributed by atoms with van der Waals surface area (Å²) in [7, 11) is 6.27. The van der Waals surface area contributed by atoms with Crippen molar-refractivity contribution in [2.45, 2.75) is 25.7 Å². The van der Waals surface area contributed by atoms with Crippen LogP contribution in [0.25, 0.3) is 38.1 Å². The standard InChI is InChI=1S/C62H64ClN17O9/c1-34(81)79-28-36(27-63)50-40-24-35(12-13-38(40)47(82)26-45(50)79)58(85)67-37-25-46(73(2)29-37)59(86)71-48-31-76(5)57(70-48)62(89)68-43-30-74(3)53(55(43)84)60(87)72-49-32-75(4)56(69-49)61(88)65-17-9-19-78-22-20-77(21-23-78)18-8-16-64-41-14-15-42-52-51(41)54(83)39-10-6-7-11-44(39)80(52)33-66-42/h6-7,10-15,24-26,29-33,36,64,82,84H,8-9,16-23,27-28H2,1-5H3,(H,65,88)(H,67,85)(H,68,89)(H,71,86)(H,72,87). The molecule has 458 valence electrons. The Balaban J connectivity index is 0.585. The molecule has 0 aliphatic carbocycles. The zero-order valence-electron chi connectivity index (χ0n) is 49.3. The number of rotatable bonds is 19. The van der Waals surface area contributed by atoms with Crippen LogP contribution in [-0.2, 0) is 33.0 Å². The van der Waals surface area contributed by atoms with Crippen LogP contribution in [0.15, 0.2) is 103 Å². The average Bonchev–Trinajstić information content (AvgIpc) is 1.74. The number of carbonyl (C=O) groups is 6. The number of aryl methyl sites for hydroxylation is 4. The number of hydrogen-bond donors (Lipinski definition) is 8. The summed E-state index contributed by atoms with van der Waals surface area (Å²) in [5, 5.41) is 41.6. The zero-order valence-corrected chi connectivity index (χ0v) is 50.1. The number of pyridine rings is 1.